The van der Waals surface area contributed by atoms with Crippen LogP contribution in [-0.4, -0.2) is 24.1 Å². The third-order valence-corrected chi connectivity index (χ3v) is 11.2. The molecular formula is C52H32F3N5. The molecule has 60 heavy (non-hydrogen) atoms. The van der Waals surface area contributed by atoms with Gasteiger partial charge in [-0.15, -0.1) is 0 Å². The molecule has 5 nitrogen and oxygen atoms in total. The molecule has 0 aliphatic rings. The van der Waals surface area contributed by atoms with Gasteiger partial charge >= 0.3 is 6.18 Å². The van der Waals surface area contributed by atoms with E-state index >= 15 is 0 Å². The van der Waals surface area contributed by atoms with Crippen molar-refractivity contribution in [2.24, 2.45) is 0 Å². The Morgan fingerprint density at radius 3 is 1.10 bits per heavy atom. The molecule has 0 radical (unpaired) electrons. The Balaban J connectivity index is 1.26. The van der Waals surface area contributed by atoms with Crippen molar-refractivity contribution in [2.45, 2.75) is 6.18 Å². The molecule has 0 bridgehead atoms. The van der Waals surface area contributed by atoms with E-state index in [1.807, 2.05) is 140 Å². The molecular weight excluding hydrogens is 752 g/mol. The lowest BCUT2D eigenvalue weighted by molar-refractivity contribution is -0.137. The first-order valence-corrected chi connectivity index (χ1v) is 19.6. The number of hydrogen-bond acceptors (Lipinski definition) is 3. The second-order valence-electron chi connectivity index (χ2n) is 14.7. The number of halogens is 3. The van der Waals surface area contributed by atoms with Gasteiger partial charge in [-0.1, -0.05) is 133 Å². The van der Waals surface area contributed by atoms with Gasteiger partial charge in [0.15, 0.2) is 17.5 Å². The molecule has 11 aromatic rings. The van der Waals surface area contributed by atoms with E-state index < -0.39 is 11.7 Å². The molecule has 0 saturated carbocycles. The van der Waals surface area contributed by atoms with Gasteiger partial charge in [-0.05, 0) is 60.7 Å². The van der Waals surface area contributed by atoms with Crippen LogP contribution >= 0.6 is 0 Å². The number of alkyl halides is 3. The van der Waals surface area contributed by atoms with Crippen LogP contribution < -0.4 is 0 Å². The maximum absolute atomic E-state index is 15.0. The molecule has 8 aromatic carbocycles. The summed E-state index contributed by atoms with van der Waals surface area (Å²) in [6.45, 7) is 0. The first-order valence-electron chi connectivity index (χ1n) is 19.6. The Hall–Kier alpha value is -7.84. The van der Waals surface area contributed by atoms with Crippen molar-refractivity contribution in [3.63, 3.8) is 0 Å². The predicted octanol–water partition coefficient (Wildman–Crippen LogP) is 13.8. The highest BCUT2D eigenvalue weighted by Gasteiger charge is 2.32. The molecule has 0 fully saturated rings. The summed E-state index contributed by atoms with van der Waals surface area (Å²) in [4.78, 5) is 14.9. The summed E-state index contributed by atoms with van der Waals surface area (Å²) in [5, 5.41) is 4.07. The summed E-state index contributed by atoms with van der Waals surface area (Å²) in [6, 6.07) is 61.6. The van der Waals surface area contributed by atoms with Crippen LogP contribution in [0.5, 0.6) is 0 Å². The Kier molecular flexibility index (Phi) is 8.20. The quantitative estimate of drug-likeness (QED) is 0.169. The van der Waals surface area contributed by atoms with E-state index in [0.717, 1.165) is 54.7 Å². The van der Waals surface area contributed by atoms with Gasteiger partial charge in [-0.2, -0.15) is 13.2 Å². The van der Waals surface area contributed by atoms with E-state index in [0.29, 0.717) is 45.5 Å². The molecule has 0 N–H and O–H groups in total. The molecule has 0 unspecified atom stereocenters. The largest absolute Gasteiger partial charge is 0.416 e. The van der Waals surface area contributed by atoms with Crippen molar-refractivity contribution in [1.29, 1.82) is 0 Å². The van der Waals surface area contributed by atoms with Crippen molar-refractivity contribution in [3.05, 3.63) is 200 Å². The maximum Gasteiger partial charge on any atom is 0.416 e. The Morgan fingerprint density at radius 2 is 0.683 bits per heavy atom. The van der Waals surface area contributed by atoms with Gasteiger partial charge in [0.1, 0.15) is 0 Å². The summed E-state index contributed by atoms with van der Waals surface area (Å²) >= 11 is 0. The molecule has 8 heteroatoms. The summed E-state index contributed by atoms with van der Waals surface area (Å²) in [7, 11) is 0. The molecule has 0 saturated heterocycles. The van der Waals surface area contributed by atoms with Crippen molar-refractivity contribution in [3.8, 4) is 56.7 Å². The summed E-state index contributed by atoms with van der Waals surface area (Å²) in [5.74, 6) is 1.36. The van der Waals surface area contributed by atoms with Crippen molar-refractivity contribution < 1.29 is 13.2 Å². The zero-order chi connectivity index (χ0) is 40.4. The molecule has 11 rings (SSSR count). The lowest BCUT2D eigenvalue weighted by atomic mass is 9.96. The number of hydrogen-bond donors (Lipinski definition) is 0. The monoisotopic (exact) mass is 783 g/mol. The van der Waals surface area contributed by atoms with Crippen LogP contribution in [0.4, 0.5) is 13.2 Å². The van der Waals surface area contributed by atoms with Crippen LogP contribution in [0, 0.1) is 0 Å². The standard InChI is InChI=1S/C52H32F3N5/c53-52(54,55)36-28-30-48(60-45-25-13-9-21-39(45)40-22-10-14-26-46(40)60)42(32-36)41-31-35(27-29-47(41)59-43-23-11-7-19-37(43)38-20-8-12-24-44(38)59)51-57-49(33-15-3-1-4-16-33)56-50(58-51)34-17-5-2-6-18-34/h1-32H. The average Bonchev–Trinajstić information content (AvgIpc) is 3.82. The Labute approximate surface area is 342 Å². The fraction of sp³-hybridized carbons (Fsp3) is 0.0192. The third-order valence-electron chi connectivity index (χ3n) is 11.2. The maximum atomic E-state index is 15.0. The minimum Gasteiger partial charge on any atom is -0.309 e. The van der Waals surface area contributed by atoms with Gasteiger partial charge < -0.3 is 9.13 Å². The highest BCUT2D eigenvalue weighted by Crippen LogP contribution is 2.44. The molecule has 0 aliphatic heterocycles. The van der Waals surface area contributed by atoms with Crippen molar-refractivity contribution in [2.75, 3.05) is 0 Å². The van der Waals surface area contributed by atoms with E-state index in [1.165, 1.54) is 12.1 Å². The van der Waals surface area contributed by atoms with Crippen LogP contribution in [0.3, 0.4) is 0 Å². The van der Waals surface area contributed by atoms with Gasteiger partial charge in [0.05, 0.1) is 39.0 Å². The number of fused-ring (bicyclic) bond motifs is 6. The van der Waals surface area contributed by atoms with Gasteiger partial charge in [-0.25, -0.2) is 15.0 Å². The first-order chi connectivity index (χ1) is 29.4. The Bertz CT molecular complexity index is 3260. The van der Waals surface area contributed by atoms with E-state index in [4.69, 9.17) is 15.0 Å². The molecule has 3 heterocycles. The second kappa shape index (κ2) is 13.9. The Morgan fingerprint density at radius 1 is 0.333 bits per heavy atom. The number of aromatic nitrogens is 5. The molecule has 0 amide bonds. The highest BCUT2D eigenvalue weighted by atomic mass is 19.4. The number of rotatable bonds is 6. The molecule has 286 valence electrons. The fourth-order valence-corrected chi connectivity index (χ4v) is 8.51. The molecule has 0 aliphatic carbocycles. The van der Waals surface area contributed by atoms with Gasteiger partial charge in [0, 0.05) is 49.4 Å². The third kappa shape index (κ3) is 5.83. The molecule has 0 atom stereocenters. The first kappa shape index (κ1) is 35.3. The number of nitrogens with zero attached hydrogens (tertiary/aromatic N) is 5. The zero-order valence-corrected chi connectivity index (χ0v) is 31.8. The van der Waals surface area contributed by atoms with Crippen molar-refractivity contribution in [1.82, 2.24) is 24.1 Å². The van der Waals surface area contributed by atoms with Crippen LogP contribution in [0.1, 0.15) is 5.56 Å². The topological polar surface area (TPSA) is 48.5 Å². The number of benzene rings is 8. The lowest BCUT2D eigenvalue weighted by Crippen LogP contribution is -2.08. The minimum absolute atomic E-state index is 0.392. The smallest absolute Gasteiger partial charge is 0.309 e. The van der Waals surface area contributed by atoms with Gasteiger partial charge in [0.25, 0.3) is 0 Å². The van der Waals surface area contributed by atoms with Crippen LogP contribution in [0.2, 0.25) is 0 Å². The fourth-order valence-electron chi connectivity index (χ4n) is 8.51. The lowest BCUT2D eigenvalue weighted by Gasteiger charge is -2.21. The van der Waals surface area contributed by atoms with Gasteiger partial charge in [-0.3, -0.25) is 0 Å². The van der Waals surface area contributed by atoms with Crippen LogP contribution in [0.15, 0.2) is 194 Å². The normalized spacial score (nSPS) is 11.9. The SMILES string of the molecule is FC(F)(F)c1ccc(-n2c3ccccc3c3ccccc32)c(-c2cc(-c3nc(-c4ccccc4)nc(-c4ccccc4)n3)ccc2-n2c3ccccc3c3ccccc32)c1. The van der Waals surface area contributed by atoms with E-state index in [9.17, 15) is 13.2 Å². The van der Waals surface area contributed by atoms with Crippen LogP contribution in [-0.2, 0) is 6.18 Å². The zero-order valence-electron chi connectivity index (χ0n) is 31.8. The molecule has 0 spiro atoms. The van der Waals surface area contributed by atoms with Crippen LogP contribution in [0.25, 0.3) is 100 Å². The van der Waals surface area contributed by atoms with E-state index in [1.54, 1.807) is 6.07 Å². The minimum atomic E-state index is -4.61. The highest BCUT2D eigenvalue weighted by molar-refractivity contribution is 6.11. The second-order valence-corrected chi connectivity index (χ2v) is 14.7. The van der Waals surface area contributed by atoms with E-state index in [2.05, 4.69) is 45.5 Å². The predicted molar refractivity (Wildman–Crippen MR) is 235 cm³/mol. The van der Waals surface area contributed by atoms with Crippen molar-refractivity contribution >= 4 is 43.6 Å². The summed E-state index contributed by atoms with van der Waals surface area (Å²) in [6.07, 6.45) is -4.61. The van der Waals surface area contributed by atoms with Gasteiger partial charge in [0.2, 0.25) is 0 Å². The van der Waals surface area contributed by atoms with E-state index in [-0.39, 0.29) is 0 Å². The summed E-state index contributed by atoms with van der Waals surface area (Å²) < 4.78 is 49.1. The number of para-hydroxylation sites is 4. The summed E-state index contributed by atoms with van der Waals surface area (Å²) in [5.41, 5.74) is 7.39. The molecule has 3 aromatic heterocycles. The average molecular weight is 784 g/mol.